The third kappa shape index (κ3) is 3.77. The number of aryl methyl sites for hydroxylation is 1. The van der Waals surface area contributed by atoms with Crippen molar-refractivity contribution in [2.24, 2.45) is 11.3 Å². The summed E-state index contributed by atoms with van der Waals surface area (Å²) < 4.78 is 23.1. The predicted octanol–water partition coefficient (Wildman–Crippen LogP) is 1.86. The molecule has 1 saturated carbocycles. The van der Waals surface area contributed by atoms with Crippen molar-refractivity contribution in [1.29, 1.82) is 0 Å². The van der Waals surface area contributed by atoms with E-state index in [0.717, 1.165) is 12.0 Å². The zero-order valence-electron chi connectivity index (χ0n) is 13.3. The summed E-state index contributed by atoms with van der Waals surface area (Å²) in [5, 5.41) is 11.6. The molecule has 24 heavy (non-hydrogen) atoms. The standard InChI is InChI=1S/C17H21NO5S/c19-15(20)5-4-12-2-1-3-13(10-12)18-16(21)14-11-17(14)6-8-24(22,23)9-7-17/h1-3,10,14H,4-9,11H2,(H,18,21)(H,19,20). The molecule has 2 N–H and O–H groups in total. The van der Waals surface area contributed by atoms with Crippen LogP contribution in [0.2, 0.25) is 0 Å². The van der Waals surface area contributed by atoms with Gasteiger partial charge < -0.3 is 10.4 Å². The monoisotopic (exact) mass is 351 g/mol. The smallest absolute Gasteiger partial charge is 0.303 e. The van der Waals surface area contributed by atoms with Gasteiger partial charge in [0.05, 0.1) is 11.5 Å². The van der Waals surface area contributed by atoms with Gasteiger partial charge in [0.2, 0.25) is 5.91 Å². The summed E-state index contributed by atoms with van der Waals surface area (Å²) in [7, 11) is -2.92. The van der Waals surface area contributed by atoms with Crippen molar-refractivity contribution in [2.75, 3.05) is 16.8 Å². The topological polar surface area (TPSA) is 101 Å². The zero-order valence-corrected chi connectivity index (χ0v) is 14.1. The second kappa shape index (κ2) is 6.20. The summed E-state index contributed by atoms with van der Waals surface area (Å²) in [5.74, 6) is -0.667. The van der Waals surface area contributed by atoms with Crippen LogP contribution in [-0.4, -0.2) is 36.9 Å². The molecule has 130 valence electrons. The van der Waals surface area contributed by atoms with Crippen LogP contribution in [0.1, 0.15) is 31.2 Å². The minimum atomic E-state index is -2.92. The van der Waals surface area contributed by atoms with Gasteiger partial charge in [0.1, 0.15) is 9.84 Å². The van der Waals surface area contributed by atoms with Crippen LogP contribution in [0.15, 0.2) is 24.3 Å². The highest BCUT2D eigenvalue weighted by atomic mass is 32.2. The first-order chi connectivity index (χ1) is 11.3. The van der Waals surface area contributed by atoms with Crippen LogP contribution in [0.3, 0.4) is 0 Å². The molecular formula is C17H21NO5S. The van der Waals surface area contributed by atoms with Gasteiger partial charge in [-0.3, -0.25) is 9.59 Å². The van der Waals surface area contributed by atoms with Crippen LogP contribution in [0.5, 0.6) is 0 Å². The fourth-order valence-electron chi connectivity index (χ4n) is 3.50. The first-order valence-corrected chi connectivity index (χ1v) is 9.94. The number of carbonyl (C=O) groups is 2. The summed E-state index contributed by atoms with van der Waals surface area (Å²) in [4.78, 5) is 23.1. The molecule has 1 aliphatic heterocycles. The Labute approximate surface area is 141 Å². The number of benzene rings is 1. The maximum Gasteiger partial charge on any atom is 0.303 e. The van der Waals surface area contributed by atoms with E-state index in [1.807, 2.05) is 6.07 Å². The van der Waals surface area contributed by atoms with Gasteiger partial charge in [0.15, 0.2) is 0 Å². The minimum Gasteiger partial charge on any atom is -0.481 e. The van der Waals surface area contributed by atoms with Crippen molar-refractivity contribution in [3.8, 4) is 0 Å². The van der Waals surface area contributed by atoms with Gasteiger partial charge in [-0.25, -0.2) is 8.42 Å². The molecule has 1 unspecified atom stereocenters. The lowest BCUT2D eigenvalue weighted by molar-refractivity contribution is -0.137. The minimum absolute atomic E-state index is 0.0532. The number of amides is 1. The molecule has 6 nitrogen and oxygen atoms in total. The second-order valence-electron chi connectivity index (χ2n) is 6.85. The van der Waals surface area contributed by atoms with Crippen LogP contribution < -0.4 is 5.32 Å². The van der Waals surface area contributed by atoms with Gasteiger partial charge in [-0.2, -0.15) is 0 Å². The Hall–Kier alpha value is -1.89. The zero-order chi connectivity index (χ0) is 17.4. The van der Waals surface area contributed by atoms with E-state index in [0.29, 0.717) is 24.9 Å². The molecule has 7 heteroatoms. The average Bonchev–Trinajstić information content (AvgIpc) is 3.24. The van der Waals surface area contributed by atoms with Crippen molar-refractivity contribution < 1.29 is 23.1 Å². The Balaban J connectivity index is 1.58. The molecule has 1 aromatic carbocycles. The van der Waals surface area contributed by atoms with Crippen molar-refractivity contribution in [3.05, 3.63) is 29.8 Å². The quantitative estimate of drug-likeness (QED) is 0.843. The number of hydrogen-bond donors (Lipinski definition) is 2. The fraction of sp³-hybridized carbons (Fsp3) is 0.529. The van der Waals surface area contributed by atoms with Gasteiger partial charge >= 0.3 is 5.97 Å². The third-order valence-electron chi connectivity index (χ3n) is 5.15. The molecule has 0 bridgehead atoms. The Morgan fingerprint density at radius 2 is 1.96 bits per heavy atom. The first kappa shape index (κ1) is 17.0. The normalized spacial score (nSPS) is 23.6. The van der Waals surface area contributed by atoms with E-state index in [4.69, 9.17) is 5.11 Å². The molecule has 1 aromatic rings. The lowest BCUT2D eigenvalue weighted by Gasteiger charge is -2.22. The van der Waals surface area contributed by atoms with E-state index in [1.165, 1.54) is 0 Å². The number of carboxylic acid groups (broad SMARTS) is 1. The molecule has 1 heterocycles. The molecular weight excluding hydrogens is 330 g/mol. The van der Waals surface area contributed by atoms with Crippen molar-refractivity contribution in [1.82, 2.24) is 0 Å². The average molecular weight is 351 g/mol. The van der Waals surface area contributed by atoms with Gasteiger partial charge in [-0.05, 0) is 48.8 Å². The SMILES string of the molecule is O=C(O)CCc1cccc(NC(=O)C2CC23CCS(=O)(=O)CC3)c1. The molecule has 1 spiro atoms. The van der Waals surface area contributed by atoms with Crippen molar-refractivity contribution in [2.45, 2.75) is 32.1 Å². The van der Waals surface area contributed by atoms with Gasteiger partial charge in [0, 0.05) is 18.0 Å². The molecule has 1 atom stereocenters. The van der Waals surface area contributed by atoms with Crippen molar-refractivity contribution >= 4 is 27.4 Å². The van der Waals surface area contributed by atoms with E-state index in [9.17, 15) is 18.0 Å². The molecule has 2 fully saturated rings. The van der Waals surface area contributed by atoms with E-state index >= 15 is 0 Å². The fourth-order valence-corrected chi connectivity index (χ4v) is 5.14. The number of rotatable bonds is 5. The number of hydrogen-bond acceptors (Lipinski definition) is 4. The van der Waals surface area contributed by atoms with E-state index < -0.39 is 15.8 Å². The van der Waals surface area contributed by atoms with Gasteiger partial charge in [-0.1, -0.05) is 12.1 Å². The number of sulfone groups is 1. The van der Waals surface area contributed by atoms with Crippen LogP contribution in [0.25, 0.3) is 0 Å². The van der Waals surface area contributed by atoms with E-state index in [1.54, 1.807) is 18.2 Å². The molecule has 0 radical (unpaired) electrons. The van der Waals surface area contributed by atoms with Crippen LogP contribution >= 0.6 is 0 Å². The maximum atomic E-state index is 12.4. The first-order valence-electron chi connectivity index (χ1n) is 8.12. The van der Waals surface area contributed by atoms with Crippen LogP contribution in [0, 0.1) is 11.3 Å². The number of aliphatic carboxylic acids is 1. The maximum absolute atomic E-state index is 12.4. The van der Waals surface area contributed by atoms with E-state index in [2.05, 4.69) is 5.32 Å². The molecule has 1 amide bonds. The summed E-state index contributed by atoms with van der Waals surface area (Å²) >= 11 is 0. The predicted molar refractivity (Wildman–Crippen MR) is 89.5 cm³/mol. The third-order valence-corrected chi connectivity index (χ3v) is 6.80. The highest BCUT2D eigenvalue weighted by Gasteiger charge is 2.59. The summed E-state index contributed by atoms with van der Waals surface area (Å²) in [6, 6.07) is 7.20. The molecule has 0 aromatic heterocycles. The highest BCUT2D eigenvalue weighted by Crippen LogP contribution is 2.60. The van der Waals surface area contributed by atoms with Crippen molar-refractivity contribution in [3.63, 3.8) is 0 Å². The number of carbonyl (C=O) groups excluding carboxylic acids is 1. The molecule has 1 saturated heterocycles. The Kier molecular flexibility index (Phi) is 4.38. The molecule has 2 aliphatic rings. The summed E-state index contributed by atoms with van der Waals surface area (Å²) in [5.41, 5.74) is 1.40. The largest absolute Gasteiger partial charge is 0.481 e. The van der Waals surface area contributed by atoms with E-state index in [-0.39, 0.29) is 35.2 Å². The lowest BCUT2D eigenvalue weighted by atomic mass is 9.96. The van der Waals surface area contributed by atoms with Gasteiger partial charge in [0.25, 0.3) is 0 Å². The number of carboxylic acids is 1. The molecule has 1 aliphatic carbocycles. The molecule has 3 rings (SSSR count). The number of anilines is 1. The van der Waals surface area contributed by atoms with Crippen LogP contribution in [-0.2, 0) is 25.8 Å². The second-order valence-corrected chi connectivity index (χ2v) is 9.16. The summed E-state index contributed by atoms with van der Waals surface area (Å²) in [6.45, 7) is 0. The Morgan fingerprint density at radius 1 is 1.25 bits per heavy atom. The Bertz CT molecular complexity index is 757. The van der Waals surface area contributed by atoms with Crippen LogP contribution in [0.4, 0.5) is 5.69 Å². The summed E-state index contributed by atoms with van der Waals surface area (Å²) in [6.07, 6.45) is 2.38. The Morgan fingerprint density at radius 3 is 2.62 bits per heavy atom. The van der Waals surface area contributed by atoms with Gasteiger partial charge in [-0.15, -0.1) is 0 Å². The lowest BCUT2D eigenvalue weighted by Crippen LogP contribution is -2.28. The highest BCUT2D eigenvalue weighted by molar-refractivity contribution is 7.91. The number of nitrogens with one attached hydrogen (secondary N) is 1.